The average molecular weight is 271 g/mol. The third-order valence-electron chi connectivity index (χ3n) is 0.896. The molecule has 0 spiro atoms. The van der Waals surface area contributed by atoms with Crippen molar-refractivity contribution in [1.29, 1.82) is 0 Å². The topological polar surface area (TPSA) is 18.5 Å². The lowest BCUT2D eigenvalue weighted by molar-refractivity contribution is 0.0543. The van der Waals surface area contributed by atoms with Crippen LogP contribution in [0.4, 0.5) is 4.39 Å². The van der Waals surface area contributed by atoms with E-state index in [4.69, 9.17) is 9.16 Å². The normalized spacial score (nSPS) is 14.2. The maximum atomic E-state index is 12.8. The summed E-state index contributed by atoms with van der Waals surface area (Å²) in [6.45, 7) is 9.54. The summed E-state index contributed by atoms with van der Waals surface area (Å²) < 4.78 is 22.8. The van der Waals surface area contributed by atoms with Gasteiger partial charge in [-0.25, -0.2) is 0 Å². The maximum absolute atomic E-state index is 12.8. The van der Waals surface area contributed by atoms with Crippen molar-refractivity contribution in [3.8, 4) is 0 Å². The zero-order valence-corrected chi connectivity index (χ0v) is 11.2. The van der Waals surface area contributed by atoms with Gasteiger partial charge in [0.05, 0.1) is 6.10 Å². The predicted molar refractivity (Wildman–Crippen MR) is 57.7 cm³/mol. The van der Waals surface area contributed by atoms with E-state index in [0.29, 0.717) is 0 Å². The van der Waals surface area contributed by atoms with Gasteiger partial charge in [0.25, 0.3) is 0 Å². The number of rotatable bonds is 4. The Morgan fingerprint density at radius 2 is 1.77 bits per heavy atom. The SMILES string of the molecule is CC(C)O/C(O[Si](C)(C)C)=C(/F)Br. The Hall–Kier alpha value is -0.0331. The minimum absolute atomic E-state index is 0.0332. The van der Waals surface area contributed by atoms with Gasteiger partial charge in [-0.1, -0.05) is 0 Å². The molecule has 0 atom stereocenters. The quantitative estimate of drug-likeness (QED) is 0.572. The molecule has 0 radical (unpaired) electrons. The van der Waals surface area contributed by atoms with E-state index in [9.17, 15) is 4.39 Å². The fourth-order valence-corrected chi connectivity index (χ4v) is 1.62. The molecule has 0 fully saturated rings. The molecule has 0 aliphatic heterocycles. The second-order valence-corrected chi connectivity index (χ2v) is 9.05. The van der Waals surface area contributed by atoms with Crippen LogP contribution >= 0.6 is 15.9 Å². The molecule has 0 aromatic heterocycles. The van der Waals surface area contributed by atoms with E-state index in [1.165, 1.54) is 0 Å². The van der Waals surface area contributed by atoms with Crippen LogP contribution in [0.2, 0.25) is 19.6 Å². The van der Waals surface area contributed by atoms with Crippen molar-refractivity contribution in [2.75, 3.05) is 0 Å². The first-order chi connectivity index (χ1) is 5.72. The summed E-state index contributed by atoms with van der Waals surface area (Å²) in [5.74, 6) is -0.0332. The Kier molecular flexibility index (Phi) is 4.99. The van der Waals surface area contributed by atoms with Crippen LogP contribution in [-0.4, -0.2) is 14.4 Å². The molecule has 0 bridgehead atoms. The van der Waals surface area contributed by atoms with Gasteiger partial charge in [0, 0.05) is 0 Å². The number of hydrogen-bond acceptors (Lipinski definition) is 2. The zero-order valence-electron chi connectivity index (χ0n) is 8.65. The van der Waals surface area contributed by atoms with E-state index in [2.05, 4.69) is 15.9 Å². The molecule has 0 heterocycles. The molecule has 0 unspecified atom stereocenters. The van der Waals surface area contributed by atoms with Crippen molar-refractivity contribution < 1.29 is 13.6 Å². The van der Waals surface area contributed by atoms with Crippen LogP contribution < -0.4 is 0 Å². The molecule has 0 aliphatic rings. The molecule has 0 amide bonds. The van der Waals surface area contributed by atoms with Crippen molar-refractivity contribution in [2.24, 2.45) is 0 Å². The summed E-state index contributed by atoms with van der Waals surface area (Å²) >= 11 is 2.71. The fourth-order valence-electron chi connectivity index (χ4n) is 0.599. The van der Waals surface area contributed by atoms with Crippen LogP contribution in [0.3, 0.4) is 0 Å². The number of halogens is 2. The van der Waals surface area contributed by atoms with E-state index < -0.39 is 13.1 Å². The summed E-state index contributed by atoms with van der Waals surface area (Å²) in [6.07, 6.45) is -0.0883. The Labute approximate surface area is 88.4 Å². The molecule has 13 heavy (non-hydrogen) atoms. The molecular weight excluding hydrogens is 255 g/mol. The number of ether oxygens (including phenoxy) is 1. The summed E-state index contributed by atoms with van der Waals surface area (Å²) in [5.41, 5.74) is 0. The molecule has 78 valence electrons. The summed E-state index contributed by atoms with van der Waals surface area (Å²) in [4.78, 5) is 0. The first-order valence-corrected chi connectivity index (χ1v) is 8.33. The Balaban J connectivity index is 4.39. The summed E-state index contributed by atoms with van der Waals surface area (Å²) in [6, 6.07) is 0. The van der Waals surface area contributed by atoms with Gasteiger partial charge in [-0.15, -0.1) is 0 Å². The lowest BCUT2D eigenvalue weighted by Gasteiger charge is -2.22. The Morgan fingerprint density at radius 3 is 2.00 bits per heavy atom. The van der Waals surface area contributed by atoms with Crippen LogP contribution in [-0.2, 0) is 9.16 Å². The summed E-state index contributed by atoms with van der Waals surface area (Å²) in [5, 5.41) is 0. The van der Waals surface area contributed by atoms with Crippen LogP contribution in [0.1, 0.15) is 13.8 Å². The van der Waals surface area contributed by atoms with Crippen molar-refractivity contribution in [3.05, 3.63) is 10.7 Å². The molecule has 0 N–H and O–H groups in total. The lowest BCUT2D eigenvalue weighted by Crippen LogP contribution is -2.26. The summed E-state index contributed by atoms with van der Waals surface area (Å²) in [7, 11) is -1.80. The first kappa shape index (κ1) is 13.0. The highest BCUT2D eigenvalue weighted by Crippen LogP contribution is 2.21. The molecule has 0 saturated heterocycles. The van der Waals surface area contributed by atoms with Crippen LogP contribution in [0.25, 0.3) is 0 Å². The van der Waals surface area contributed by atoms with Crippen molar-refractivity contribution in [2.45, 2.75) is 39.6 Å². The Bertz CT molecular complexity index is 195. The second kappa shape index (κ2) is 5.00. The monoisotopic (exact) mass is 270 g/mol. The zero-order chi connectivity index (χ0) is 10.6. The molecule has 0 saturated carbocycles. The smallest absolute Gasteiger partial charge is 0.310 e. The van der Waals surface area contributed by atoms with Gasteiger partial charge in [0.15, 0.2) is 0 Å². The maximum Gasteiger partial charge on any atom is 0.310 e. The molecule has 5 heteroatoms. The molecular formula is C8H16BrFO2Si. The number of hydrogen-bond donors (Lipinski definition) is 0. The van der Waals surface area contributed by atoms with Gasteiger partial charge in [-0.2, -0.15) is 4.39 Å². The molecule has 0 rings (SSSR count). The molecule has 0 aromatic carbocycles. The predicted octanol–water partition coefficient (Wildman–Crippen LogP) is 3.75. The third-order valence-corrected chi connectivity index (χ3v) is 2.02. The highest BCUT2D eigenvalue weighted by Gasteiger charge is 2.21. The molecule has 2 nitrogen and oxygen atoms in total. The minimum Gasteiger partial charge on any atom is -0.517 e. The third kappa shape index (κ3) is 7.07. The largest absolute Gasteiger partial charge is 0.517 e. The van der Waals surface area contributed by atoms with E-state index in [1.807, 2.05) is 33.5 Å². The lowest BCUT2D eigenvalue weighted by atomic mass is 10.5. The van der Waals surface area contributed by atoms with Crippen molar-refractivity contribution in [1.82, 2.24) is 0 Å². The van der Waals surface area contributed by atoms with Crippen LogP contribution in [0.5, 0.6) is 0 Å². The van der Waals surface area contributed by atoms with Crippen molar-refractivity contribution >= 4 is 24.2 Å². The highest BCUT2D eigenvalue weighted by atomic mass is 79.9. The van der Waals surface area contributed by atoms with E-state index in [0.717, 1.165) is 0 Å². The minimum atomic E-state index is -1.80. The van der Waals surface area contributed by atoms with Gasteiger partial charge < -0.3 is 9.16 Å². The molecule has 0 aliphatic carbocycles. The standard InChI is InChI=1S/C8H16BrFO2Si/c1-6(2)11-8(7(9)10)12-13(3,4)5/h6H,1-5H3/b8-7-. The van der Waals surface area contributed by atoms with E-state index in [1.54, 1.807) is 0 Å². The van der Waals surface area contributed by atoms with Gasteiger partial charge in [0.1, 0.15) is 0 Å². The van der Waals surface area contributed by atoms with Gasteiger partial charge in [-0.05, 0) is 49.4 Å². The van der Waals surface area contributed by atoms with Gasteiger partial charge in [0.2, 0.25) is 13.1 Å². The van der Waals surface area contributed by atoms with Gasteiger partial charge in [-0.3, -0.25) is 0 Å². The van der Waals surface area contributed by atoms with Crippen LogP contribution in [0.15, 0.2) is 10.7 Å². The van der Waals surface area contributed by atoms with Crippen molar-refractivity contribution in [3.63, 3.8) is 0 Å². The van der Waals surface area contributed by atoms with Gasteiger partial charge >= 0.3 is 5.95 Å². The van der Waals surface area contributed by atoms with Crippen LogP contribution in [0, 0.1) is 0 Å². The Morgan fingerprint density at radius 1 is 1.31 bits per heavy atom. The van der Waals surface area contributed by atoms with E-state index in [-0.39, 0.29) is 12.0 Å². The first-order valence-electron chi connectivity index (χ1n) is 4.13. The average Bonchev–Trinajstić information content (AvgIpc) is 1.81. The second-order valence-electron chi connectivity index (χ2n) is 3.93. The molecule has 0 aromatic rings. The highest BCUT2D eigenvalue weighted by molar-refractivity contribution is 9.11. The fraction of sp³-hybridized carbons (Fsp3) is 0.750. The van der Waals surface area contributed by atoms with E-state index >= 15 is 0 Å².